The average molecular weight is 182 g/mol. The molecule has 0 bridgehead atoms. The number of nitrogens with zero attached hydrogens (tertiary/aromatic N) is 1. The number of allylic oxidation sites excluding steroid dienone is 1. The SMILES string of the molecule is C=C(CCC(C)C)N1CCNCC1. The van der Waals surface area contributed by atoms with Gasteiger partial charge in [0.2, 0.25) is 0 Å². The lowest BCUT2D eigenvalue weighted by Crippen LogP contribution is -2.42. The zero-order valence-electron chi connectivity index (χ0n) is 8.97. The second-order valence-electron chi connectivity index (χ2n) is 4.24. The summed E-state index contributed by atoms with van der Waals surface area (Å²) in [5.74, 6) is 0.791. The molecule has 0 saturated carbocycles. The summed E-state index contributed by atoms with van der Waals surface area (Å²) in [6.45, 7) is 13.2. The fraction of sp³-hybridized carbons (Fsp3) is 0.818. The maximum Gasteiger partial charge on any atom is 0.0300 e. The average Bonchev–Trinajstić information content (AvgIpc) is 2.15. The molecule has 1 saturated heterocycles. The second kappa shape index (κ2) is 5.28. The highest BCUT2D eigenvalue weighted by molar-refractivity contribution is 4.95. The summed E-state index contributed by atoms with van der Waals surface area (Å²) in [5, 5.41) is 3.35. The van der Waals surface area contributed by atoms with E-state index in [1.165, 1.54) is 12.1 Å². The Bertz CT molecular complexity index is 157. The number of rotatable bonds is 4. The van der Waals surface area contributed by atoms with Gasteiger partial charge < -0.3 is 10.2 Å². The number of nitrogens with one attached hydrogen (secondary N) is 1. The molecule has 0 unspecified atom stereocenters. The summed E-state index contributed by atoms with van der Waals surface area (Å²) in [6.07, 6.45) is 2.43. The van der Waals surface area contributed by atoms with Gasteiger partial charge in [-0.3, -0.25) is 0 Å². The van der Waals surface area contributed by atoms with Gasteiger partial charge in [0, 0.05) is 31.9 Å². The molecular weight excluding hydrogens is 160 g/mol. The van der Waals surface area contributed by atoms with E-state index in [2.05, 4.69) is 30.6 Å². The molecule has 0 spiro atoms. The smallest absolute Gasteiger partial charge is 0.0300 e. The van der Waals surface area contributed by atoms with Gasteiger partial charge in [-0.25, -0.2) is 0 Å². The number of hydrogen-bond acceptors (Lipinski definition) is 2. The van der Waals surface area contributed by atoms with Crippen molar-refractivity contribution >= 4 is 0 Å². The minimum atomic E-state index is 0.791. The van der Waals surface area contributed by atoms with Gasteiger partial charge in [-0.15, -0.1) is 0 Å². The van der Waals surface area contributed by atoms with Crippen LogP contribution in [0.3, 0.4) is 0 Å². The summed E-state index contributed by atoms with van der Waals surface area (Å²) < 4.78 is 0. The van der Waals surface area contributed by atoms with Crippen LogP contribution in [0.4, 0.5) is 0 Å². The molecule has 0 aliphatic carbocycles. The third-order valence-corrected chi connectivity index (χ3v) is 2.57. The van der Waals surface area contributed by atoms with E-state index in [0.29, 0.717) is 0 Å². The van der Waals surface area contributed by atoms with Gasteiger partial charge >= 0.3 is 0 Å². The Morgan fingerprint density at radius 3 is 2.54 bits per heavy atom. The van der Waals surface area contributed by atoms with Gasteiger partial charge in [0.25, 0.3) is 0 Å². The number of hydrogen-bond donors (Lipinski definition) is 1. The van der Waals surface area contributed by atoms with Gasteiger partial charge in [0.1, 0.15) is 0 Å². The zero-order chi connectivity index (χ0) is 9.68. The van der Waals surface area contributed by atoms with Crippen molar-refractivity contribution in [1.82, 2.24) is 10.2 Å². The van der Waals surface area contributed by atoms with Crippen molar-refractivity contribution < 1.29 is 0 Å². The van der Waals surface area contributed by atoms with E-state index in [1.54, 1.807) is 0 Å². The molecule has 0 radical (unpaired) electrons. The molecule has 1 fully saturated rings. The van der Waals surface area contributed by atoms with Crippen LogP contribution in [0.5, 0.6) is 0 Å². The Balaban J connectivity index is 2.21. The molecule has 2 heteroatoms. The zero-order valence-corrected chi connectivity index (χ0v) is 8.97. The summed E-state index contributed by atoms with van der Waals surface area (Å²) in [5.41, 5.74) is 1.33. The minimum absolute atomic E-state index is 0.791. The Morgan fingerprint density at radius 2 is 2.00 bits per heavy atom. The van der Waals surface area contributed by atoms with Crippen LogP contribution in [-0.4, -0.2) is 31.1 Å². The molecule has 1 aliphatic rings. The highest BCUT2D eigenvalue weighted by Crippen LogP contribution is 2.13. The quantitative estimate of drug-likeness (QED) is 0.713. The van der Waals surface area contributed by atoms with E-state index in [4.69, 9.17) is 0 Å². The van der Waals surface area contributed by atoms with E-state index >= 15 is 0 Å². The van der Waals surface area contributed by atoms with Crippen LogP contribution in [0, 0.1) is 5.92 Å². The Labute approximate surface area is 82.0 Å². The van der Waals surface area contributed by atoms with Crippen molar-refractivity contribution in [2.24, 2.45) is 5.92 Å². The highest BCUT2D eigenvalue weighted by atomic mass is 15.2. The van der Waals surface area contributed by atoms with Crippen LogP contribution in [-0.2, 0) is 0 Å². The molecule has 1 N–H and O–H groups in total. The minimum Gasteiger partial charge on any atom is -0.373 e. The van der Waals surface area contributed by atoms with Crippen molar-refractivity contribution in [2.75, 3.05) is 26.2 Å². The van der Waals surface area contributed by atoms with Crippen molar-refractivity contribution in [3.8, 4) is 0 Å². The summed E-state index contributed by atoms with van der Waals surface area (Å²) in [4.78, 5) is 2.42. The van der Waals surface area contributed by atoms with Gasteiger partial charge in [0.15, 0.2) is 0 Å². The molecule has 0 aromatic heterocycles. The van der Waals surface area contributed by atoms with Crippen LogP contribution in [0.1, 0.15) is 26.7 Å². The summed E-state index contributed by atoms with van der Waals surface area (Å²) in [6, 6.07) is 0. The predicted octanol–water partition coefficient (Wildman–Crippen LogP) is 1.84. The Morgan fingerprint density at radius 1 is 1.38 bits per heavy atom. The van der Waals surface area contributed by atoms with Crippen LogP contribution < -0.4 is 5.32 Å². The third kappa shape index (κ3) is 3.81. The van der Waals surface area contributed by atoms with E-state index in [1.807, 2.05) is 0 Å². The molecule has 1 rings (SSSR count). The molecule has 2 nitrogen and oxygen atoms in total. The molecule has 0 aromatic carbocycles. The maximum atomic E-state index is 4.15. The maximum absolute atomic E-state index is 4.15. The van der Waals surface area contributed by atoms with Crippen LogP contribution in [0.25, 0.3) is 0 Å². The largest absolute Gasteiger partial charge is 0.373 e. The van der Waals surface area contributed by atoms with E-state index in [-0.39, 0.29) is 0 Å². The van der Waals surface area contributed by atoms with E-state index in [9.17, 15) is 0 Å². The van der Waals surface area contributed by atoms with Gasteiger partial charge in [-0.05, 0) is 18.8 Å². The normalized spacial score (nSPS) is 17.9. The highest BCUT2D eigenvalue weighted by Gasteiger charge is 2.10. The first-order valence-electron chi connectivity index (χ1n) is 5.33. The molecular formula is C11H22N2. The summed E-state index contributed by atoms with van der Waals surface area (Å²) >= 11 is 0. The summed E-state index contributed by atoms with van der Waals surface area (Å²) in [7, 11) is 0. The topological polar surface area (TPSA) is 15.3 Å². The Hall–Kier alpha value is -0.500. The molecule has 0 atom stereocenters. The molecule has 0 aromatic rings. The van der Waals surface area contributed by atoms with Gasteiger partial charge in [-0.1, -0.05) is 20.4 Å². The Kier molecular flexibility index (Phi) is 4.29. The van der Waals surface area contributed by atoms with Crippen LogP contribution in [0.15, 0.2) is 12.3 Å². The van der Waals surface area contributed by atoms with Crippen molar-refractivity contribution in [3.05, 3.63) is 12.3 Å². The van der Waals surface area contributed by atoms with Gasteiger partial charge in [-0.2, -0.15) is 0 Å². The first kappa shape index (κ1) is 10.6. The lowest BCUT2D eigenvalue weighted by molar-refractivity contribution is 0.287. The second-order valence-corrected chi connectivity index (χ2v) is 4.24. The first-order valence-corrected chi connectivity index (χ1v) is 5.33. The van der Waals surface area contributed by atoms with Crippen molar-refractivity contribution in [3.63, 3.8) is 0 Å². The monoisotopic (exact) mass is 182 g/mol. The molecule has 76 valence electrons. The predicted molar refractivity (Wildman–Crippen MR) is 57.7 cm³/mol. The fourth-order valence-electron chi connectivity index (χ4n) is 1.59. The van der Waals surface area contributed by atoms with Crippen molar-refractivity contribution in [1.29, 1.82) is 0 Å². The molecule has 1 heterocycles. The first-order chi connectivity index (χ1) is 6.20. The van der Waals surface area contributed by atoms with Crippen LogP contribution in [0.2, 0.25) is 0 Å². The lowest BCUT2D eigenvalue weighted by Gasteiger charge is -2.31. The molecule has 0 amide bonds. The standard InChI is InChI=1S/C11H22N2/c1-10(2)4-5-11(3)13-8-6-12-7-9-13/h10,12H,3-9H2,1-2H3. The number of piperazine rings is 1. The van der Waals surface area contributed by atoms with E-state index in [0.717, 1.165) is 38.5 Å². The molecule has 1 aliphatic heterocycles. The van der Waals surface area contributed by atoms with Gasteiger partial charge in [0.05, 0.1) is 0 Å². The fourth-order valence-corrected chi connectivity index (χ4v) is 1.59. The van der Waals surface area contributed by atoms with Crippen molar-refractivity contribution in [2.45, 2.75) is 26.7 Å². The van der Waals surface area contributed by atoms with Crippen LogP contribution >= 0.6 is 0 Å². The molecule has 13 heavy (non-hydrogen) atoms. The van der Waals surface area contributed by atoms with E-state index < -0.39 is 0 Å². The lowest BCUT2D eigenvalue weighted by atomic mass is 10.1. The third-order valence-electron chi connectivity index (χ3n) is 2.57.